The summed E-state index contributed by atoms with van der Waals surface area (Å²) in [5.41, 5.74) is 3.09. The highest BCUT2D eigenvalue weighted by atomic mass is 16.4. The van der Waals surface area contributed by atoms with Crippen LogP contribution in [0.15, 0.2) is 11.6 Å². The van der Waals surface area contributed by atoms with E-state index in [4.69, 9.17) is 9.90 Å². The first-order chi connectivity index (χ1) is 15.6. The number of rotatable bonds is 5. The minimum Gasteiger partial charge on any atom is -0.481 e. The lowest BCUT2D eigenvalue weighted by atomic mass is 9.47. The van der Waals surface area contributed by atoms with Gasteiger partial charge in [0.15, 0.2) is 0 Å². The van der Waals surface area contributed by atoms with Gasteiger partial charge in [0.2, 0.25) is 0 Å². The Kier molecular flexibility index (Phi) is 10.6. The molecule has 0 aliphatic heterocycles. The van der Waals surface area contributed by atoms with Gasteiger partial charge in [-0.3, -0.25) is 4.79 Å². The summed E-state index contributed by atoms with van der Waals surface area (Å²) < 4.78 is 0. The lowest BCUT2D eigenvalue weighted by molar-refractivity contribution is -0.134. The van der Waals surface area contributed by atoms with Crippen molar-refractivity contribution in [1.29, 1.82) is 0 Å². The molecule has 7 atom stereocenters. The molecule has 0 heterocycles. The Hall–Kier alpha value is -0.790. The van der Waals surface area contributed by atoms with E-state index >= 15 is 0 Å². The van der Waals surface area contributed by atoms with Gasteiger partial charge in [-0.15, -0.1) is 0 Å². The Balaban J connectivity index is 0.000000751. The van der Waals surface area contributed by atoms with E-state index in [9.17, 15) is 0 Å². The van der Waals surface area contributed by atoms with Crippen LogP contribution in [0, 0.1) is 46.3 Å². The molecule has 3 fully saturated rings. The molecule has 0 bridgehead atoms. The normalized spacial score (nSPS) is 37.8. The molecule has 4 rings (SSSR count). The molecule has 0 aromatic carbocycles. The number of allylic oxidation sites excluding steroid dienone is 2. The molecule has 2 nitrogen and oxygen atoms in total. The van der Waals surface area contributed by atoms with Crippen LogP contribution in [-0.2, 0) is 4.79 Å². The van der Waals surface area contributed by atoms with E-state index in [-0.39, 0.29) is 1.43 Å². The van der Waals surface area contributed by atoms with Crippen molar-refractivity contribution in [3.63, 3.8) is 0 Å². The number of carboxylic acids is 1. The Morgan fingerprint density at radius 3 is 2.36 bits per heavy atom. The fourth-order valence-electron chi connectivity index (χ4n) is 8.72. The van der Waals surface area contributed by atoms with E-state index in [1.54, 1.807) is 0 Å². The number of hydrogen-bond donors (Lipinski definition) is 1. The first-order valence-electron chi connectivity index (χ1n) is 14.5. The van der Waals surface area contributed by atoms with E-state index in [0.717, 1.165) is 42.4 Å². The van der Waals surface area contributed by atoms with E-state index in [1.165, 1.54) is 77.0 Å². The van der Waals surface area contributed by atoms with Crippen molar-refractivity contribution < 1.29 is 11.3 Å². The van der Waals surface area contributed by atoms with Gasteiger partial charge >= 0.3 is 0 Å². The third-order valence-electron chi connectivity index (χ3n) is 10.2. The quantitative estimate of drug-likeness (QED) is 0.413. The predicted octanol–water partition coefficient (Wildman–Crippen LogP) is 9.78. The Bertz CT molecular complexity index is 652. The van der Waals surface area contributed by atoms with Crippen LogP contribution >= 0.6 is 0 Å². The molecule has 0 saturated heterocycles. The van der Waals surface area contributed by atoms with Gasteiger partial charge < -0.3 is 5.11 Å². The molecule has 0 spiro atoms. The minimum atomic E-state index is -0.833. The zero-order chi connectivity index (χ0) is 24.8. The smallest absolute Gasteiger partial charge is 0.300 e. The summed E-state index contributed by atoms with van der Waals surface area (Å²) in [5.74, 6) is 5.01. The molecule has 0 aromatic heterocycles. The Morgan fingerprint density at radius 2 is 1.73 bits per heavy atom. The van der Waals surface area contributed by atoms with E-state index in [1.807, 2.05) is 19.4 Å². The molecule has 1 unspecified atom stereocenters. The first kappa shape index (κ1) is 28.4. The SMILES string of the molecule is CC.CC(=O)O.CC(C)CCC[C@@H](C)[C@H]1CC[C@H]2C3CC=C4CCCC[C@]4(C)[C@H]3CC[C@]12C.[HH]. The van der Waals surface area contributed by atoms with Gasteiger partial charge in [0.05, 0.1) is 0 Å². The van der Waals surface area contributed by atoms with Gasteiger partial charge in [0.25, 0.3) is 5.97 Å². The van der Waals surface area contributed by atoms with E-state index in [2.05, 4.69) is 40.7 Å². The van der Waals surface area contributed by atoms with Crippen LogP contribution < -0.4 is 0 Å². The monoisotopic (exact) mass is 462 g/mol. The maximum Gasteiger partial charge on any atom is 0.300 e. The number of carboxylic acid groups (broad SMARTS) is 1. The minimum absolute atomic E-state index is 0. The fraction of sp³-hybridized carbons (Fsp3) is 0.903. The zero-order valence-electron chi connectivity index (χ0n) is 23.4. The highest BCUT2D eigenvalue weighted by molar-refractivity contribution is 5.62. The molecule has 4 aliphatic carbocycles. The first-order valence-corrected chi connectivity index (χ1v) is 14.5. The zero-order valence-corrected chi connectivity index (χ0v) is 23.4. The molecule has 194 valence electrons. The van der Waals surface area contributed by atoms with Crippen LogP contribution in [0.3, 0.4) is 0 Å². The lowest BCUT2D eigenvalue weighted by Gasteiger charge is -2.58. The average molecular weight is 463 g/mol. The van der Waals surface area contributed by atoms with Crippen molar-refractivity contribution in [1.82, 2.24) is 0 Å². The van der Waals surface area contributed by atoms with Crippen molar-refractivity contribution in [3.05, 3.63) is 11.6 Å². The van der Waals surface area contributed by atoms with Crippen LogP contribution in [0.2, 0.25) is 0 Å². The Labute approximate surface area is 207 Å². The van der Waals surface area contributed by atoms with Gasteiger partial charge in [-0.05, 0) is 97.7 Å². The van der Waals surface area contributed by atoms with E-state index < -0.39 is 5.97 Å². The lowest BCUT2D eigenvalue weighted by Crippen LogP contribution is -2.50. The highest BCUT2D eigenvalue weighted by Gasteiger charge is 2.58. The number of carbonyl (C=O) groups is 1. The molecule has 0 aromatic rings. The topological polar surface area (TPSA) is 37.3 Å². The summed E-state index contributed by atoms with van der Waals surface area (Å²) in [5, 5.41) is 7.42. The fourth-order valence-corrected chi connectivity index (χ4v) is 8.72. The molecule has 4 aliphatic rings. The molecule has 3 saturated carbocycles. The Morgan fingerprint density at radius 1 is 1.06 bits per heavy atom. The van der Waals surface area contributed by atoms with Crippen molar-refractivity contribution >= 4 is 5.97 Å². The predicted molar refractivity (Wildman–Crippen MR) is 144 cm³/mol. The van der Waals surface area contributed by atoms with Gasteiger partial charge in [-0.25, -0.2) is 0 Å². The van der Waals surface area contributed by atoms with E-state index in [0.29, 0.717) is 10.8 Å². The van der Waals surface area contributed by atoms with Gasteiger partial charge in [0, 0.05) is 8.35 Å². The van der Waals surface area contributed by atoms with Gasteiger partial charge in [-0.1, -0.05) is 85.8 Å². The van der Waals surface area contributed by atoms with Crippen molar-refractivity contribution in [2.45, 2.75) is 132 Å². The van der Waals surface area contributed by atoms with Crippen LogP contribution in [0.25, 0.3) is 0 Å². The molecule has 0 radical (unpaired) electrons. The third kappa shape index (κ3) is 6.26. The van der Waals surface area contributed by atoms with Crippen molar-refractivity contribution in [2.75, 3.05) is 0 Å². The standard InChI is InChI=1S/C27H46.C2H4O2.C2H6.H2/c1-19(2)9-8-10-20(3)23-14-15-24-22-13-12-21-11-6-7-17-26(21,4)25(22)16-18-27(23,24)5;1-2(3)4;1-2;/h12,19-20,22-25H,6-11,13-18H2,1-5H3;1H3,(H,3,4);1-2H3;1H/t20-,22?,23-,24+,25+,26+,27-;;;/m1.../s1. The van der Waals surface area contributed by atoms with Crippen LogP contribution in [-0.4, -0.2) is 11.1 Å². The molecule has 0 amide bonds. The number of aliphatic carboxylic acids is 1. The number of fused-ring (bicyclic) bond motifs is 5. The van der Waals surface area contributed by atoms with Crippen molar-refractivity contribution in [3.8, 4) is 0 Å². The summed E-state index contributed by atoms with van der Waals surface area (Å²) in [6, 6.07) is 0. The molecular weight excluding hydrogens is 404 g/mol. The molecule has 2 heteroatoms. The molecule has 33 heavy (non-hydrogen) atoms. The summed E-state index contributed by atoms with van der Waals surface area (Å²) in [7, 11) is 0. The van der Waals surface area contributed by atoms with Gasteiger partial charge in [0.1, 0.15) is 0 Å². The van der Waals surface area contributed by atoms with Crippen LogP contribution in [0.1, 0.15) is 134 Å². The second kappa shape index (κ2) is 12.3. The van der Waals surface area contributed by atoms with Crippen molar-refractivity contribution in [2.24, 2.45) is 46.3 Å². The maximum atomic E-state index is 9.00. The number of hydrogen-bond acceptors (Lipinski definition) is 1. The average Bonchev–Trinajstić information content (AvgIpc) is 3.11. The largest absolute Gasteiger partial charge is 0.481 e. The maximum absolute atomic E-state index is 9.00. The second-order valence-electron chi connectivity index (χ2n) is 12.5. The molecular formula is C31H58O2. The van der Waals surface area contributed by atoms with Crippen LogP contribution in [0.5, 0.6) is 0 Å². The third-order valence-corrected chi connectivity index (χ3v) is 10.2. The van der Waals surface area contributed by atoms with Crippen LogP contribution in [0.4, 0.5) is 0 Å². The second-order valence-corrected chi connectivity index (χ2v) is 12.5. The summed E-state index contributed by atoms with van der Waals surface area (Å²) in [6.45, 7) is 17.8. The summed E-state index contributed by atoms with van der Waals surface area (Å²) >= 11 is 0. The molecule has 1 N–H and O–H groups in total. The van der Waals surface area contributed by atoms with Gasteiger partial charge in [-0.2, -0.15) is 0 Å². The highest BCUT2D eigenvalue weighted by Crippen LogP contribution is 2.67. The summed E-state index contributed by atoms with van der Waals surface area (Å²) in [6.07, 6.45) is 20.5. The summed E-state index contributed by atoms with van der Waals surface area (Å²) in [4.78, 5) is 9.00.